The Labute approximate surface area is 74.3 Å². The smallest absolute Gasteiger partial charge is 0.255 e. The molecule has 2 rings (SSSR count). The molecule has 0 aromatic carbocycles. The molecule has 0 atom stereocenters. The van der Waals surface area contributed by atoms with Gasteiger partial charge >= 0.3 is 0 Å². The van der Waals surface area contributed by atoms with Crippen molar-refractivity contribution in [2.24, 2.45) is 0 Å². The Morgan fingerprint density at radius 1 is 1.55 bits per heavy atom. The highest BCUT2D eigenvalue weighted by atomic mass is 79.9. The molecule has 1 aromatic rings. The van der Waals surface area contributed by atoms with Gasteiger partial charge in [-0.15, -0.1) is 17.0 Å². The molecule has 0 unspecified atom stereocenters. The van der Waals surface area contributed by atoms with Crippen molar-refractivity contribution in [3.8, 4) is 5.88 Å². The van der Waals surface area contributed by atoms with Crippen LogP contribution in [0.15, 0.2) is 4.52 Å². The van der Waals surface area contributed by atoms with Crippen LogP contribution in [0.2, 0.25) is 0 Å². The van der Waals surface area contributed by atoms with E-state index in [1.807, 2.05) is 0 Å². The number of aromatic hydroxyl groups is 1. The van der Waals surface area contributed by atoms with Crippen molar-refractivity contribution in [3.05, 3.63) is 11.3 Å². The van der Waals surface area contributed by atoms with Crippen LogP contribution in [0.3, 0.4) is 0 Å². The lowest BCUT2D eigenvalue weighted by molar-refractivity contribution is 0.336. The van der Waals surface area contributed by atoms with Crippen LogP contribution >= 0.6 is 17.0 Å². The fraction of sp³-hybridized carbons (Fsp3) is 0.500. The average Bonchev–Trinajstić information content (AvgIpc) is 2.34. The van der Waals surface area contributed by atoms with E-state index in [0.29, 0.717) is 6.54 Å². The lowest BCUT2D eigenvalue weighted by Gasteiger charge is -2.08. The molecule has 0 fully saturated rings. The van der Waals surface area contributed by atoms with E-state index in [4.69, 9.17) is 9.63 Å². The summed E-state index contributed by atoms with van der Waals surface area (Å²) in [6.07, 6.45) is 0.810. The second-order valence-corrected chi connectivity index (χ2v) is 2.33. The Bertz CT molecular complexity index is 249. The van der Waals surface area contributed by atoms with E-state index >= 15 is 0 Å². The second-order valence-electron chi connectivity index (χ2n) is 2.33. The normalized spacial score (nSPS) is 15.3. The van der Waals surface area contributed by atoms with Crippen LogP contribution in [0.25, 0.3) is 0 Å². The lowest BCUT2D eigenvalue weighted by Crippen LogP contribution is -2.22. The minimum Gasteiger partial charge on any atom is -0.491 e. The summed E-state index contributed by atoms with van der Waals surface area (Å²) in [6.45, 7) is 1.57. The van der Waals surface area contributed by atoms with Gasteiger partial charge in [0.15, 0.2) is 5.76 Å². The topological polar surface area (TPSA) is 58.3 Å². The minimum absolute atomic E-state index is 0. The molecule has 62 valence electrons. The molecule has 0 amide bonds. The number of nitrogens with one attached hydrogen (secondary N) is 1. The van der Waals surface area contributed by atoms with Crippen molar-refractivity contribution in [1.29, 1.82) is 0 Å². The van der Waals surface area contributed by atoms with Gasteiger partial charge in [-0.2, -0.15) is 0 Å². The Hall–Kier alpha value is -0.550. The minimum atomic E-state index is 0. The molecule has 2 N–H and O–H groups in total. The Morgan fingerprint density at radius 3 is 3.09 bits per heavy atom. The highest BCUT2D eigenvalue weighted by molar-refractivity contribution is 8.93. The summed E-state index contributed by atoms with van der Waals surface area (Å²) in [7, 11) is 0. The molecule has 11 heavy (non-hydrogen) atoms. The molecule has 0 spiro atoms. The van der Waals surface area contributed by atoms with Gasteiger partial charge in [-0.3, -0.25) is 0 Å². The van der Waals surface area contributed by atoms with Crippen molar-refractivity contribution in [2.75, 3.05) is 6.54 Å². The summed E-state index contributed by atoms with van der Waals surface area (Å²) >= 11 is 0. The van der Waals surface area contributed by atoms with Gasteiger partial charge in [-0.25, -0.2) is 0 Å². The molecular weight excluding hydrogens is 212 g/mol. The van der Waals surface area contributed by atoms with Crippen molar-refractivity contribution in [3.63, 3.8) is 0 Å². The third-order valence-electron chi connectivity index (χ3n) is 1.69. The van der Waals surface area contributed by atoms with Crippen LogP contribution in [-0.4, -0.2) is 16.8 Å². The maximum Gasteiger partial charge on any atom is 0.255 e. The summed E-state index contributed by atoms with van der Waals surface area (Å²) in [6, 6.07) is 0. The van der Waals surface area contributed by atoms with E-state index in [1.165, 1.54) is 0 Å². The Kier molecular flexibility index (Phi) is 2.51. The largest absolute Gasteiger partial charge is 0.491 e. The molecular formula is C6H9BrN2O2. The molecule has 4 nitrogen and oxygen atoms in total. The maximum atomic E-state index is 9.06. The van der Waals surface area contributed by atoms with Crippen LogP contribution in [-0.2, 0) is 13.0 Å². The van der Waals surface area contributed by atoms with Gasteiger partial charge in [-0.1, -0.05) is 0 Å². The number of aromatic nitrogens is 1. The van der Waals surface area contributed by atoms with Gasteiger partial charge in [0.1, 0.15) is 0 Å². The lowest BCUT2D eigenvalue weighted by atomic mass is 10.1. The maximum absolute atomic E-state index is 9.06. The van der Waals surface area contributed by atoms with Gasteiger partial charge in [0, 0.05) is 0 Å². The predicted octanol–water partition coefficient (Wildman–Crippen LogP) is 0.604. The van der Waals surface area contributed by atoms with Gasteiger partial charge in [0.25, 0.3) is 5.88 Å². The van der Waals surface area contributed by atoms with E-state index in [9.17, 15) is 0 Å². The molecule has 1 aromatic heterocycles. The quantitative estimate of drug-likeness (QED) is 0.673. The predicted molar refractivity (Wildman–Crippen MR) is 43.9 cm³/mol. The van der Waals surface area contributed by atoms with Gasteiger partial charge < -0.3 is 14.9 Å². The molecule has 2 heterocycles. The summed E-state index contributed by atoms with van der Waals surface area (Å²) in [5, 5.41) is 15.6. The summed E-state index contributed by atoms with van der Waals surface area (Å²) in [5.74, 6) is 0.820. The molecule has 0 radical (unpaired) electrons. The monoisotopic (exact) mass is 220 g/mol. The van der Waals surface area contributed by atoms with E-state index in [0.717, 1.165) is 24.3 Å². The van der Waals surface area contributed by atoms with Gasteiger partial charge in [0.2, 0.25) is 0 Å². The van der Waals surface area contributed by atoms with E-state index in [-0.39, 0.29) is 22.9 Å². The van der Waals surface area contributed by atoms with Gasteiger partial charge in [0.05, 0.1) is 12.1 Å². The zero-order chi connectivity index (χ0) is 6.97. The van der Waals surface area contributed by atoms with Crippen molar-refractivity contribution >= 4 is 17.0 Å². The third kappa shape index (κ3) is 1.39. The number of hydrogen-bond acceptors (Lipinski definition) is 4. The van der Waals surface area contributed by atoms with Crippen molar-refractivity contribution < 1.29 is 9.63 Å². The number of rotatable bonds is 0. The van der Waals surface area contributed by atoms with Crippen LogP contribution in [0.5, 0.6) is 5.88 Å². The first-order valence-electron chi connectivity index (χ1n) is 3.25. The molecule has 0 aliphatic carbocycles. The average molecular weight is 221 g/mol. The van der Waals surface area contributed by atoms with Crippen molar-refractivity contribution in [2.45, 2.75) is 13.0 Å². The first-order chi connectivity index (χ1) is 4.88. The number of halogens is 1. The van der Waals surface area contributed by atoms with Crippen LogP contribution in [0, 0.1) is 0 Å². The summed E-state index contributed by atoms with van der Waals surface area (Å²) < 4.78 is 4.82. The van der Waals surface area contributed by atoms with Crippen LogP contribution in [0.1, 0.15) is 11.3 Å². The molecule has 1 aliphatic heterocycles. The number of hydrogen-bond donors (Lipinski definition) is 2. The fourth-order valence-electron chi connectivity index (χ4n) is 1.14. The zero-order valence-corrected chi connectivity index (χ0v) is 7.55. The summed E-state index contributed by atoms with van der Waals surface area (Å²) in [4.78, 5) is 0. The van der Waals surface area contributed by atoms with Crippen LogP contribution < -0.4 is 5.32 Å². The number of fused-ring (bicyclic) bond motifs is 1. The highest BCUT2D eigenvalue weighted by Gasteiger charge is 2.17. The Balaban J connectivity index is 0.000000605. The molecule has 0 bridgehead atoms. The third-order valence-corrected chi connectivity index (χ3v) is 1.69. The second kappa shape index (κ2) is 3.23. The Morgan fingerprint density at radius 2 is 2.36 bits per heavy atom. The first-order valence-corrected chi connectivity index (χ1v) is 3.25. The van der Waals surface area contributed by atoms with E-state index in [1.54, 1.807) is 0 Å². The molecule has 0 saturated heterocycles. The zero-order valence-electron chi connectivity index (χ0n) is 5.83. The molecule has 5 heteroatoms. The SMILES string of the molecule is Br.Oc1noc2c1CCNC2. The highest BCUT2D eigenvalue weighted by Crippen LogP contribution is 2.22. The van der Waals surface area contributed by atoms with E-state index < -0.39 is 0 Å². The van der Waals surface area contributed by atoms with E-state index in [2.05, 4.69) is 10.5 Å². The number of nitrogens with zero attached hydrogens (tertiary/aromatic N) is 1. The molecule has 0 saturated carbocycles. The standard InChI is InChI=1S/C6H8N2O2.BrH/c9-6-4-1-2-7-3-5(4)10-8-6;/h7H,1-3H2,(H,8,9);1H. The van der Waals surface area contributed by atoms with Gasteiger partial charge in [-0.05, 0) is 18.1 Å². The fourth-order valence-corrected chi connectivity index (χ4v) is 1.14. The molecule has 1 aliphatic rings. The van der Waals surface area contributed by atoms with Crippen LogP contribution in [0.4, 0.5) is 0 Å². The van der Waals surface area contributed by atoms with Crippen molar-refractivity contribution in [1.82, 2.24) is 10.5 Å². The first kappa shape index (κ1) is 8.55. The summed E-state index contributed by atoms with van der Waals surface area (Å²) in [5.41, 5.74) is 0.860.